The molecule has 0 radical (unpaired) electrons. The molecule has 0 aliphatic carbocycles. The molecule has 12 nitrogen and oxygen atoms in total. The standard InChI is InChI=1S/Na.2H2O6S4/c;2*1-9(2,3)7-8-10(4,5)6/h;2*(H,1,2,3)(H,4,5,6)/q+1;;/p-4. The third-order valence-electron chi connectivity index (χ3n) is 0.389. The molecule has 0 aromatic carbocycles. The molecular weight excluding hydrogens is 472 g/mol. The fourth-order valence-electron chi connectivity index (χ4n) is 0.136. The van der Waals surface area contributed by atoms with Crippen molar-refractivity contribution in [2.75, 3.05) is 0 Å². The Kier molecular flexibility index (Phi) is 14.3. The van der Waals surface area contributed by atoms with Crippen LogP contribution in [0.2, 0.25) is 0 Å². The second-order valence-corrected chi connectivity index (χ2v) is 17.1. The van der Waals surface area contributed by atoms with Gasteiger partial charge in [-0.25, -0.2) is 33.7 Å². The van der Waals surface area contributed by atoms with Crippen LogP contribution in [0.15, 0.2) is 0 Å². The van der Waals surface area contributed by atoms with E-state index in [9.17, 15) is 51.9 Å². The van der Waals surface area contributed by atoms with Crippen LogP contribution < -0.4 is 29.6 Å². The molecule has 0 fully saturated rings. The van der Waals surface area contributed by atoms with Crippen molar-refractivity contribution in [1.82, 2.24) is 0 Å². The van der Waals surface area contributed by atoms with Gasteiger partial charge in [-0.05, 0) is 0 Å². The van der Waals surface area contributed by atoms with Crippen LogP contribution in [0.25, 0.3) is 0 Å². The molecule has 0 bridgehead atoms. The molecule has 0 atom stereocenters. The first-order valence-electron chi connectivity index (χ1n) is 3.00. The molecule has 0 saturated heterocycles. The van der Waals surface area contributed by atoms with Crippen molar-refractivity contribution in [2.45, 2.75) is 0 Å². The van der Waals surface area contributed by atoms with Crippen LogP contribution in [-0.4, -0.2) is 51.9 Å². The minimum absolute atomic E-state index is 0. The molecule has 21 heteroatoms. The summed E-state index contributed by atoms with van der Waals surface area (Å²) < 4.78 is 116. The van der Waals surface area contributed by atoms with Gasteiger partial charge >= 0.3 is 29.6 Å². The van der Waals surface area contributed by atoms with Crippen LogP contribution in [0.5, 0.6) is 0 Å². The van der Waals surface area contributed by atoms with E-state index in [1.807, 2.05) is 0 Å². The molecule has 0 aliphatic heterocycles. The fourth-order valence-corrected chi connectivity index (χ4v) is 11.0. The molecule has 0 saturated carbocycles. The van der Waals surface area contributed by atoms with Crippen molar-refractivity contribution in [3.05, 3.63) is 0 Å². The molecule has 0 aromatic heterocycles. The summed E-state index contributed by atoms with van der Waals surface area (Å²) in [5, 5.41) is 0. The van der Waals surface area contributed by atoms with E-state index in [1.165, 1.54) is 0 Å². The van der Waals surface area contributed by atoms with Gasteiger partial charge in [-0.15, -0.1) is 0 Å². The van der Waals surface area contributed by atoms with E-state index in [0.717, 1.165) is 0 Å². The van der Waals surface area contributed by atoms with Crippen LogP contribution >= 0.6 is 39.3 Å². The molecule has 0 aliphatic rings. The summed E-state index contributed by atoms with van der Waals surface area (Å²) in [4.78, 5) is 0. The first-order chi connectivity index (χ1) is 8.41. The molecule has 0 rings (SSSR count). The van der Waals surface area contributed by atoms with Crippen molar-refractivity contribution in [3.8, 4) is 0 Å². The van der Waals surface area contributed by atoms with Crippen LogP contribution in [-0.2, 0) is 36.6 Å². The summed E-state index contributed by atoms with van der Waals surface area (Å²) in [7, 11) is -20.9. The first-order valence-corrected chi connectivity index (χ1v) is 15.0. The Morgan fingerprint density at radius 1 is 0.429 bits per heavy atom. The average molecular weight is 472 g/mol. The Balaban J connectivity index is -0.000000295. The second kappa shape index (κ2) is 10.8. The predicted molar refractivity (Wildman–Crippen MR) is 69.2 cm³/mol. The third-order valence-corrected chi connectivity index (χ3v) is 13.5. The average Bonchev–Trinajstić information content (AvgIpc) is 2.09. The van der Waals surface area contributed by atoms with Crippen LogP contribution in [0, 0.1) is 0 Å². The van der Waals surface area contributed by atoms with Crippen molar-refractivity contribution >= 4 is 75.9 Å². The fraction of sp³-hybridized carbons (Fsp3) is 0. The SMILES string of the molecule is O=S(=O)([O-])SSS(=O)(=O)[O-].O=S(=O)([O-])SSS(=O)(=O)[O-].[Na+]. The van der Waals surface area contributed by atoms with Gasteiger partial charge in [0.05, 0.1) is 0 Å². The quantitative estimate of drug-likeness (QED) is 0.202. The summed E-state index contributed by atoms with van der Waals surface area (Å²) in [6.07, 6.45) is 0. The Morgan fingerprint density at radius 3 is 0.571 bits per heavy atom. The summed E-state index contributed by atoms with van der Waals surface area (Å²) >= 11 is 0. The van der Waals surface area contributed by atoms with Crippen molar-refractivity contribution in [2.24, 2.45) is 0 Å². The van der Waals surface area contributed by atoms with Crippen LogP contribution in [0.3, 0.4) is 0 Å². The zero-order valence-corrected chi connectivity index (χ0v) is 17.7. The Hall–Kier alpha value is 2.04. The van der Waals surface area contributed by atoms with Crippen LogP contribution in [0.1, 0.15) is 0 Å². The minimum Gasteiger partial charge on any atom is -0.739 e. The summed E-state index contributed by atoms with van der Waals surface area (Å²) in [6.45, 7) is 0. The van der Waals surface area contributed by atoms with Gasteiger partial charge in [0.25, 0.3) is 0 Å². The molecule has 0 spiro atoms. The monoisotopic (exact) mass is 471 g/mol. The normalized spacial score (nSPS) is 12.8. The van der Waals surface area contributed by atoms with E-state index in [1.54, 1.807) is 0 Å². The van der Waals surface area contributed by atoms with Crippen molar-refractivity contribution in [3.63, 3.8) is 0 Å². The molecule has 124 valence electrons. The molecule has 0 aromatic rings. The number of rotatable bonds is 6. The largest absolute Gasteiger partial charge is 1.00 e. The maximum atomic E-state index is 9.66. The van der Waals surface area contributed by atoms with E-state index < -0.39 is 75.9 Å². The van der Waals surface area contributed by atoms with E-state index >= 15 is 0 Å². The molecule has 21 heavy (non-hydrogen) atoms. The topological polar surface area (TPSA) is 229 Å². The molecule has 0 N–H and O–H groups in total. The Morgan fingerprint density at radius 2 is 0.524 bits per heavy atom. The molecule has 0 unspecified atom stereocenters. The zero-order valence-electron chi connectivity index (χ0n) is 9.16. The van der Waals surface area contributed by atoms with Gasteiger partial charge in [-0.2, -0.15) is 0 Å². The first kappa shape index (κ1) is 27.9. The Labute approximate surface area is 155 Å². The third kappa shape index (κ3) is 34.4. The van der Waals surface area contributed by atoms with Gasteiger partial charge < -0.3 is 18.2 Å². The number of hydrogen-bond acceptors (Lipinski definition) is 16. The van der Waals surface area contributed by atoms with Crippen molar-refractivity contribution < 1.29 is 81.4 Å². The van der Waals surface area contributed by atoms with Gasteiger partial charge in [0.1, 0.15) is 0 Å². The second-order valence-electron chi connectivity index (χ2n) is 1.91. The minimum atomic E-state index is -4.71. The van der Waals surface area contributed by atoms with E-state index in [-0.39, 0.29) is 29.6 Å². The van der Waals surface area contributed by atoms with E-state index in [4.69, 9.17) is 0 Å². The number of hydrogen-bond donors (Lipinski definition) is 0. The van der Waals surface area contributed by atoms with E-state index in [2.05, 4.69) is 0 Å². The van der Waals surface area contributed by atoms with E-state index in [0.29, 0.717) is 0 Å². The maximum Gasteiger partial charge on any atom is 1.00 e. The Bertz CT molecular complexity index is 561. The van der Waals surface area contributed by atoms with Crippen molar-refractivity contribution in [1.29, 1.82) is 0 Å². The molecule has 0 heterocycles. The zero-order chi connectivity index (χ0) is 16.8. The maximum absolute atomic E-state index is 9.66. The van der Waals surface area contributed by atoms with Gasteiger partial charge in [-0.1, -0.05) is 0 Å². The molecule has 0 amide bonds. The van der Waals surface area contributed by atoms with Gasteiger partial charge in [0.15, 0.2) is 36.6 Å². The smallest absolute Gasteiger partial charge is 0.739 e. The molecular formula is NaO12S8-3. The summed E-state index contributed by atoms with van der Waals surface area (Å²) in [5.41, 5.74) is 0. The van der Waals surface area contributed by atoms with Gasteiger partial charge in [0, 0.05) is 39.3 Å². The van der Waals surface area contributed by atoms with Crippen LogP contribution in [0.4, 0.5) is 0 Å². The summed E-state index contributed by atoms with van der Waals surface area (Å²) in [6, 6.07) is 0. The predicted octanol–water partition coefficient (Wildman–Crippen LogP) is -4.42. The summed E-state index contributed by atoms with van der Waals surface area (Å²) in [5.74, 6) is 0. The van der Waals surface area contributed by atoms with Gasteiger partial charge in [-0.3, -0.25) is 0 Å². The van der Waals surface area contributed by atoms with Gasteiger partial charge in [0.2, 0.25) is 0 Å².